The average molecular weight is 380 g/mol. The Bertz CT molecular complexity index is 1000. The molecular weight excluding hydrogens is 368 g/mol. The summed E-state index contributed by atoms with van der Waals surface area (Å²) in [6.45, 7) is 1.30. The van der Waals surface area contributed by atoms with Gasteiger partial charge in [0.15, 0.2) is 6.10 Å². The van der Waals surface area contributed by atoms with E-state index in [1.54, 1.807) is 18.2 Å². The van der Waals surface area contributed by atoms with E-state index in [1.807, 2.05) is 0 Å². The van der Waals surface area contributed by atoms with Gasteiger partial charge in [0.2, 0.25) is 5.76 Å². The van der Waals surface area contributed by atoms with E-state index in [0.717, 1.165) is 18.2 Å². The van der Waals surface area contributed by atoms with Crippen molar-refractivity contribution >= 4 is 40.1 Å². The lowest BCUT2D eigenvalue weighted by atomic mass is 10.2. The molecule has 3 aromatic rings. The molecule has 0 fully saturated rings. The van der Waals surface area contributed by atoms with Gasteiger partial charge in [-0.3, -0.25) is 4.79 Å². The van der Waals surface area contributed by atoms with E-state index < -0.39 is 29.6 Å². The molecule has 26 heavy (non-hydrogen) atoms. The first-order valence-electron chi connectivity index (χ1n) is 7.49. The first-order valence-corrected chi connectivity index (χ1v) is 7.87. The number of benzene rings is 2. The maximum atomic E-state index is 13.6. The van der Waals surface area contributed by atoms with Crippen molar-refractivity contribution in [2.75, 3.05) is 5.32 Å². The topological polar surface area (TPSA) is 68.5 Å². The van der Waals surface area contributed by atoms with Crippen molar-refractivity contribution in [3.05, 3.63) is 64.9 Å². The van der Waals surface area contributed by atoms with E-state index in [4.69, 9.17) is 20.8 Å². The molecule has 3 rings (SSSR count). The summed E-state index contributed by atoms with van der Waals surface area (Å²) in [7, 11) is 0. The number of nitrogens with one attached hydrogen (secondary N) is 1. The van der Waals surface area contributed by atoms with Crippen LogP contribution in [-0.4, -0.2) is 18.0 Å². The summed E-state index contributed by atoms with van der Waals surface area (Å²) < 4.78 is 37.0. The molecule has 0 bridgehead atoms. The highest BCUT2D eigenvalue weighted by Crippen LogP contribution is 2.24. The third kappa shape index (κ3) is 3.83. The monoisotopic (exact) mass is 379 g/mol. The second-order valence-electron chi connectivity index (χ2n) is 5.45. The Morgan fingerprint density at radius 1 is 1.15 bits per heavy atom. The lowest BCUT2D eigenvalue weighted by Crippen LogP contribution is -2.30. The SMILES string of the molecule is C[C@H](OC(=O)c1cc2cc(Cl)ccc2o1)C(=O)Nc1cc(F)ccc1F. The predicted octanol–water partition coefficient (Wildman–Crippen LogP) is 4.55. The summed E-state index contributed by atoms with van der Waals surface area (Å²) >= 11 is 5.87. The highest BCUT2D eigenvalue weighted by atomic mass is 35.5. The highest BCUT2D eigenvalue weighted by molar-refractivity contribution is 6.31. The van der Waals surface area contributed by atoms with E-state index in [2.05, 4.69) is 5.32 Å². The zero-order valence-electron chi connectivity index (χ0n) is 13.4. The molecule has 0 spiro atoms. The summed E-state index contributed by atoms with van der Waals surface area (Å²) in [5.41, 5.74) is 0.0802. The number of hydrogen-bond acceptors (Lipinski definition) is 4. The van der Waals surface area contributed by atoms with Crippen LogP contribution in [0, 0.1) is 11.6 Å². The highest BCUT2D eigenvalue weighted by Gasteiger charge is 2.22. The van der Waals surface area contributed by atoms with Crippen LogP contribution in [0.2, 0.25) is 5.02 Å². The number of hydrogen-bond donors (Lipinski definition) is 1. The summed E-state index contributed by atoms with van der Waals surface area (Å²) in [5.74, 6) is -3.33. The van der Waals surface area contributed by atoms with Crippen LogP contribution < -0.4 is 5.32 Å². The van der Waals surface area contributed by atoms with Crippen molar-refractivity contribution in [1.82, 2.24) is 0 Å². The van der Waals surface area contributed by atoms with Crippen molar-refractivity contribution in [1.29, 1.82) is 0 Å². The molecule has 134 valence electrons. The van der Waals surface area contributed by atoms with Crippen molar-refractivity contribution in [3.8, 4) is 0 Å². The Balaban J connectivity index is 1.69. The molecule has 0 unspecified atom stereocenters. The van der Waals surface area contributed by atoms with Crippen molar-refractivity contribution in [2.45, 2.75) is 13.0 Å². The molecule has 0 saturated carbocycles. The molecule has 0 radical (unpaired) electrons. The Labute approximate surface area is 151 Å². The van der Waals surface area contributed by atoms with Crippen molar-refractivity contribution < 1.29 is 27.5 Å². The normalized spacial score (nSPS) is 12.0. The van der Waals surface area contributed by atoms with Gasteiger partial charge in [-0.2, -0.15) is 0 Å². The smallest absolute Gasteiger partial charge is 0.375 e. The van der Waals surface area contributed by atoms with Crippen LogP contribution in [0.3, 0.4) is 0 Å². The number of carbonyl (C=O) groups excluding carboxylic acids is 2. The molecule has 1 aromatic heterocycles. The number of fused-ring (bicyclic) bond motifs is 1. The van der Waals surface area contributed by atoms with Gasteiger partial charge in [-0.1, -0.05) is 11.6 Å². The fraction of sp³-hybridized carbons (Fsp3) is 0.111. The zero-order valence-corrected chi connectivity index (χ0v) is 14.1. The van der Waals surface area contributed by atoms with Gasteiger partial charge in [0.05, 0.1) is 5.69 Å². The molecule has 0 aliphatic heterocycles. The molecule has 5 nitrogen and oxygen atoms in total. The summed E-state index contributed by atoms with van der Waals surface area (Å²) in [5, 5.41) is 3.24. The minimum Gasteiger partial charge on any atom is -0.449 e. The number of esters is 1. The van der Waals surface area contributed by atoms with Crippen LogP contribution in [0.25, 0.3) is 11.0 Å². The Hall–Kier alpha value is -2.93. The number of halogens is 3. The van der Waals surface area contributed by atoms with Crippen molar-refractivity contribution in [2.24, 2.45) is 0 Å². The Morgan fingerprint density at radius 3 is 2.69 bits per heavy atom. The van der Waals surface area contributed by atoms with Gasteiger partial charge in [-0.15, -0.1) is 0 Å². The Morgan fingerprint density at radius 2 is 1.92 bits per heavy atom. The van der Waals surface area contributed by atoms with Gasteiger partial charge in [-0.05, 0) is 43.3 Å². The first-order chi connectivity index (χ1) is 12.3. The fourth-order valence-electron chi connectivity index (χ4n) is 2.21. The molecule has 0 saturated heterocycles. The minimum absolute atomic E-state index is 0.112. The largest absolute Gasteiger partial charge is 0.449 e. The third-order valence-electron chi connectivity index (χ3n) is 3.52. The van der Waals surface area contributed by atoms with E-state index in [-0.39, 0.29) is 11.4 Å². The number of amides is 1. The second-order valence-corrected chi connectivity index (χ2v) is 5.89. The number of ether oxygens (including phenoxy) is 1. The van der Waals surface area contributed by atoms with Crippen LogP contribution >= 0.6 is 11.6 Å². The minimum atomic E-state index is -1.26. The number of furan rings is 1. The van der Waals surface area contributed by atoms with Crippen molar-refractivity contribution in [3.63, 3.8) is 0 Å². The van der Waals surface area contributed by atoms with Crippen LogP contribution in [0.1, 0.15) is 17.5 Å². The lowest BCUT2D eigenvalue weighted by molar-refractivity contribution is -0.123. The molecule has 1 atom stereocenters. The molecule has 0 aliphatic carbocycles. The summed E-state index contributed by atoms with van der Waals surface area (Å²) in [4.78, 5) is 24.2. The van der Waals surface area contributed by atoms with E-state index in [0.29, 0.717) is 16.0 Å². The fourth-order valence-corrected chi connectivity index (χ4v) is 2.40. The van der Waals surface area contributed by atoms with Crippen LogP contribution in [0.5, 0.6) is 0 Å². The van der Waals surface area contributed by atoms with Crippen LogP contribution in [0.15, 0.2) is 46.9 Å². The first kappa shape index (κ1) is 17.9. The van der Waals surface area contributed by atoms with Gasteiger partial charge in [0.25, 0.3) is 5.91 Å². The maximum absolute atomic E-state index is 13.6. The molecule has 2 aromatic carbocycles. The van der Waals surface area contributed by atoms with Gasteiger partial charge in [-0.25, -0.2) is 13.6 Å². The number of rotatable bonds is 4. The van der Waals surface area contributed by atoms with Gasteiger partial charge in [0.1, 0.15) is 17.2 Å². The van der Waals surface area contributed by atoms with Crippen LogP contribution in [-0.2, 0) is 9.53 Å². The second kappa shape index (κ2) is 7.13. The quantitative estimate of drug-likeness (QED) is 0.675. The molecule has 1 heterocycles. The number of carbonyl (C=O) groups is 2. The molecule has 1 N–H and O–H groups in total. The average Bonchev–Trinajstić information content (AvgIpc) is 3.01. The predicted molar refractivity (Wildman–Crippen MR) is 91.1 cm³/mol. The summed E-state index contributed by atoms with van der Waals surface area (Å²) in [6.07, 6.45) is -1.26. The van der Waals surface area contributed by atoms with Gasteiger partial charge in [0, 0.05) is 16.5 Å². The molecule has 0 aliphatic rings. The van der Waals surface area contributed by atoms with E-state index in [9.17, 15) is 18.4 Å². The number of anilines is 1. The Kier molecular flexibility index (Phi) is 4.90. The lowest BCUT2D eigenvalue weighted by Gasteiger charge is -2.13. The summed E-state index contributed by atoms with van der Waals surface area (Å²) in [6, 6.07) is 8.86. The third-order valence-corrected chi connectivity index (χ3v) is 3.75. The van der Waals surface area contributed by atoms with Gasteiger partial charge < -0.3 is 14.5 Å². The molecular formula is C18H12ClF2NO4. The van der Waals surface area contributed by atoms with E-state index in [1.165, 1.54) is 13.0 Å². The molecule has 1 amide bonds. The van der Waals surface area contributed by atoms with Crippen LogP contribution in [0.4, 0.5) is 14.5 Å². The zero-order chi connectivity index (χ0) is 18.8. The van der Waals surface area contributed by atoms with E-state index >= 15 is 0 Å². The molecule has 8 heteroatoms. The maximum Gasteiger partial charge on any atom is 0.375 e. The standard InChI is InChI=1S/C18H12ClF2NO4/c1-9(17(23)22-14-8-12(20)3-4-13(14)21)25-18(24)16-7-10-6-11(19)2-5-15(10)26-16/h2-9H,1H3,(H,22,23)/t9-/m0/s1. The van der Waals surface area contributed by atoms with Gasteiger partial charge >= 0.3 is 5.97 Å².